The summed E-state index contributed by atoms with van der Waals surface area (Å²) in [5, 5.41) is 11.5. The largest absolute Gasteiger partial charge is 0.469 e. The SMILES string of the molecule is C=C(C)C1CC[C@]2(/C=C/[N+](=O)[O-])CC[C@]3(C)C(CCC4[C@@]5(C)CC[C@H](OC(=O)CC(C)(C)CC(=O)OC)C(C)(C)C5CC[C@]43C)C12. The van der Waals surface area contributed by atoms with Gasteiger partial charge in [0.1, 0.15) is 6.10 Å². The van der Waals surface area contributed by atoms with Gasteiger partial charge in [-0.3, -0.25) is 19.7 Å². The summed E-state index contributed by atoms with van der Waals surface area (Å²) in [6.45, 7) is 22.9. The number of carbonyl (C=O) groups excluding carboxylic acids is 2. The van der Waals surface area contributed by atoms with Crippen molar-refractivity contribution >= 4 is 11.9 Å². The molecule has 0 spiro atoms. The van der Waals surface area contributed by atoms with E-state index in [-0.39, 0.29) is 62.9 Å². The van der Waals surface area contributed by atoms with Crippen molar-refractivity contribution < 1.29 is 24.0 Å². The number of fused-ring (bicyclic) bond motifs is 7. The van der Waals surface area contributed by atoms with Crippen molar-refractivity contribution in [1.82, 2.24) is 0 Å². The van der Waals surface area contributed by atoms with E-state index >= 15 is 0 Å². The highest BCUT2D eigenvalue weighted by Gasteiger charge is 2.71. The Morgan fingerprint density at radius 1 is 0.891 bits per heavy atom. The van der Waals surface area contributed by atoms with E-state index in [4.69, 9.17) is 9.47 Å². The molecule has 5 fully saturated rings. The molecule has 0 saturated heterocycles. The van der Waals surface area contributed by atoms with E-state index in [1.165, 1.54) is 38.1 Å². The molecule has 5 rings (SSSR count). The highest BCUT2D eigenvalue weighted by Crippen LogP contribution is 2.77. The molecule has 7 nitrogen and oxygen atoms in total. The maximum atomic E-state index is 13.3. The summed E-state index contributed by atoms with van der Waals surface area (Å²) in [5.74, 6) is 1.88. The lowest BCUT2D eigenvalue weighted by Gasteiger charge is -2.73. The molecule has 0 amide bonds. The molecule has 10 atom stereocenters. The minimum atomic E-state index is -0.516. The van der Waals surface area contributed by atoms with Gasteiger partial charge >= 0.3 is 11.9 Å². The monoisotopic (exact) mass is 639 g/mol. The summed E-state index contributed by atoms with van der Waals surface area (Å²) >= 11 is 0. The quantitative estimate of drug-likeness (QED) is 0.114. The number of esters is 2. The smallest absolute Gasteiger partial charge is 0.306 e. The number of methoxy groups -OCH3 is 1. The van der Waals surface area contributed by atoms with Gasteiger partial charge in [0.05, 0.1) is 24.9 Å². The Morgan fingerprint density at radius 2 is 1.57 bits per heavy atom. The molecule has 258 valence electrons. The summed E-state index contributed by atoms with van der Waals surface area (Å²) in [4.78, 5) is 36.4. The molecule has 0 heterocycles. The van der Waals surface area contributed by atoms with Gasteiger partial charge in [0.15, 0.2) is 0 Å². The van der Waals surface area contributed by atoms with Crippen LogP contribution >= 0.6 is 0 Å². The zero-order valence-corrected chi connectivity index (χ0v) is 30.2. The van der Waals surface area contributed by atoms with Crippen molar-refractivity contribution in [2.45, 2.75) is 139 Å². The molecule has 0 aromatic rings. The van der Waals surface area contributed by atoms with Crippen LogP contribution in [0.25, 0.3) is 0 Å². The van der Waals surface area contributed by atoms with Crippen LogP contribution in [0.5, 0.6) is 0 Å². The Hall–Kier alpha value is -2.18. The van der Waals surface area contributed by atoms with Crippen LogP contribution in [0.3, 0.4) is 0 Å². The number of rotatable bonds is 8. The number of hydrogen-bond donors (Lipinski definition) is 0. The van der Waals surface area contributed by atoms with Crippen molar-refractivity contribution in [2.24, 2.45) is 62.1 Å². The van der Waals surface area contributed by atoms with Gasteiger partial charge in [0, 0.05) is 5.41 Å². The molecule has 0 aromatic heterocycles. The van der Waals surface area contributed by atoms with Gasteiger partial charge in [0.2, 0.25) is 6.20 Å². The summed E-state index contributed by atoms with van der Waals surface area (Å²) in [5.41, 5.74) is 0.979. The molecule has 0 N–H and O–H groups in total. The first-order valence-corrected chi connectivity index (χ1v) is 18.0. The summed E-state index contributed by atoms with van der Waals surface area (Å²) < 4.78 is 11.1. The molecule has 5 saturated carbocycles. The number of ether oxygens (including phenoxy) is 2. The standard InChI is InChI=1S/C39H61NO6/c1-25(2)26-13-18-39(21-22-40(43)44)20-19-37(8)27(33(26)39)11-12-29-36(7)16-15-30(35(5,6)28(36)14-17-38(29,37)9)46-32(42)24-34(3,4)23-31(41)45-10/h21-22,26-30,33H,1,11-20,23-24H2,2-10H3/b22-21+/t26?,27?,28?,29?,30-,33?,36-,37+,38+,39+/m0/s1. The average molecular weight is 640 g/mol. The summed E-state index contributed by atoms with van der Waals surface area (Å²) in [6, 6.07) is 0. The van der Waals surface area contributed by atoms with Gasteiger partial charge in [-0.1, -0.05) is 60.6 Å². The van der Waals surface area contributed by atoms with Crippen LogP contribution in [0.2, 0.25) is 0 Å². The minimum absolute atomic E-state index is 0.0967. The Kier molecular flexibility index (Phi) is 8.98. The molecule has 5 unspecified atom stereocenters. The fourth-order valence-corrected chi connectivity index (χ4v) is 13.0. The lowest BCUT2D eigenvalue weighted by molar-refractivity contribution is -0.403. The first-order chi connectivity index (χ1) is 21.3. The van der Waals surface area contributed by atoms with E-state index in [1.807, 2.05) is 19.9 Å². The number of allylic oxidation sites excluding steroid dienone is 2. The third kappa shape index (κ3) is 5.47. The molecular formula is C39H61NO6. The van der Waals surface area contributed by atoms with Crippen LogP contribution in [0.4, 0.5) is 0 Å². The fourth-order valence-electron chi connectivity index (χ4n) is 13.0. The van der Waals surface area contributed by atoms with Crippen molar-refractivity contribution in [1.29, 1.82) is 0 Å². The predicted octanol–water partition coefficient (Wildman–Crippen LogP) is 9.33. The normalized spacial score (nSPS) is 43.1. The average Bonchev–Trinajstić information content (AvgIpc) is 3.33. The molecular weight excluding hydrogens is 578 g/mol. The maximum Gasteiger partial charge on any atom is 0.306 e. The van der Waals surface area contributed by atoms with Crippen LogP contribution in [-0.2, 0) is 19.1 Å². The zero-order chi connectivity index (χ0) is 34.1. The molecule has 5 aliphatic rings. The third-order valence-corrected chi connectivity index (χ3v) is 15.3. The molecule has 46 heavy (non-hydrogen) atoms. The fraction of sp³-hybridized carbons (Fsp3) is 0.846. The highest BCUT2D eigenvalue weighted by atomic mass is 16.6. The van der Waals surface area contributed by atoms with E-state index < -0.39 is 5.41 Å². The first-order valence-electron chi connectivity index (χ1n) is 18.0. The van der Waals surface area contributed by atoms with E-state index in [2.05, 4.69) is 48.1 Å². The van der Waals surface area contributed by atoms with Crippen LogP contribution in [0.15, 0.2) is 24.4 Å². The molecule has 7 heteroatoms. The number of carbonyl (C=O) groups is 2. The van der Waals surface area contributed by atoms with Gasteiger partial charge in [-0.15, -0.1) is 0 Å². The minimum Gasteiger partial charge on any atom is -0.469 e. The van der Waals surface area contributed by atoms with Crippen LogP contribution in [0, 0.1) is 72.2 Å². The van der Waals surface area contributed by atoms with Gasteiger partial charge in [-0.2, -0.15) is 0 Å². The number of hydrogen-bond acceptors (Lipinski definition) is 6. The van der Waals surface area contributed by atoms with Crippen molar-refractivity contribution in [3.63, 3.8) is 0 Å². The first kappa shape index (κ1) is 35.1. The molecule has 0 radical (unpaired) electrons. The second kappa shape index (κ2) is 11.8. The number of nitro groups is 1. The Balaban J connectivity index is 1.39. The van der Waals surface area contributed by atoms with Gasteiger partial charge in [-0.05, 0) is 134 Å². The Labute approximate surface area is 277 Å². The summed E-state index contributed by atoms with van der Waals surface area (Å²) in [6.07, 6.45) is 14.3. The van der Waals surface area contributed by atoms with E-state index in [0.29, 0.717) is 29.6 Å². The van der Waals surface area contributed by atoms with Crippen LogP contribution < -0.4 is 0 Å². The lowest BCUT2D eigenvalue weighted by atomic mass is 9.32. The second-order valence-corrected chi connectivity index (χ2v) is 18.5. The van der Waals surface area contributed by atoms with Crippen LogP contribution in [0.1, 0.15) is 132 Å². The maximum absolute atomic E-state index is 13.3. The zero-order valence-electron chi connectivity index (χ0n) is 30.2. The molecule has 0 bridgehead atoms. The molecule has 0 aromatic carbocycles. The molecule has 5 aliphatic carbocycles. The van der Waals surface area contributed by atoms with E-state index in [9.17, 15) is 19.7 Å². The number of nitrogens with zero attached hydrogens (tertiary/aromatic N) is 1. The van der Waals surface area contributed by atoms with E-state index in [1.54, 1.807) is 0 Å². The van der Waals surface area contributed by atoms with Gasteiger partial charge < -0.3 is 9.47 Å². The highest BCUT2D eigenvalue weighted by molar-refractivity contribution is 5.74. The summed E-state index contributed by atoms with van der Waals surface area (Å²) in [7, 11) is 1.38. The van der Waals surface area contributed by atoms with Crippen molar-refractivity contribution in [3.8, 4) is 0 Å². The van der Waals surface area contributed by atoms with Gasteiger partial charge in [-0.25, -0.2) is 0 Å². The molecule has 0 aliphatic heterocycles. The van der Waals surface area contributed by atoms with Crippen molar-refractivity contribution in [2.75, 3.05) is 7.11 Å². The van der Waals surface area contributed by atoms with Crippen molar-refractivity contribution in [3.05, 3.63) is 34.5 Å². The van der Waals surface area contributed by atoms with Gasteiger partial charge in [0.25, 0.3) is 0 Å². The third-order valence-electron chi connectivity index (χ3n) is 15.3. The predicted molar refractivity (Wildman–Crippen MR) is 180 cm³/mol. The Morgan fingerprint density at radius 3 is 2.20 bits per heavy atom. The lowest BCUT2D eigenvalue weighted by Crippen LogP contribution is -2.66. The second-order valence-electron chi connectivity index (χ2n) is 18.5. The Bertz CT molecular complexity index is 1280. The van der Waals surface area contributed by atoms with E-state index in [0.717, 1.165) is 44.9 Å². The van der Waals surface area contributed by atoms with Crippen LogP contribution in [-0.4, -0.2) is 30.1 Å². The topological polar surface area (TPSA) is 95.7 Å².